The fourth-order valence-electron chi connectivity index (χ4n) is 2.08. The molecular formula is C19H19Cl2NO4. The van der Waals surface area contributed by atoms with Crippen molar-refractivity contribution in [2.75, 3.05) is 11.9 Å². The van der Waals surface area contributed by atoms with E-state index in [4.69, 9.17) is 32.7 Å². The van der Waals surface area contributed by atoms with Gasteiger partial charge in [-0.3, -0.25) is 4.79 Å². The van der Waals surface area contributed by atoms with Gasteiger partial charge in [0.1, 0.15) is 5.75 Å². The van der Waals surface area contributed by atoms with Gasteiger partial charge in [0.25, 0.3) is 5.91 Å². The highest BCUT2D eigenvalue weighted by Gasteiger charge is 2.19. The van der Waals surface area contributed by atoms with Crippen molar-refractivity contribution >= 4 is 40.8 Å². The van der Waals surface area contributed by atoms with Crippen LogP contribution in [0.5, 0.6) is 5.75 Å². The molecule has 2 aromatic rings. The van der Waals surface area contributed by atoms with Crippen molar-refractivity contribution < 1.29 is 19.1 Å². The summed E-state index contributed by atoms with van der Waals surface area (Å²) in [5.41, 5.74) is 2.83. The lowest BCUT2D eigenvalue weighted by Gasteiger charge is -2.15. The van der Waals surface area contributed by atoms with Crippen molar-refractivity contribution in [1.82, 2.24) is 0 Å². The van der Waals surface area contributed by atoms with E-state index in [0.717, 1.165) is 11.1 Å². The zero-order valence-electron chi connectivity index (χ0n) is 14.6. The van der Waals surface area contributed by atoms with Gasteiger partial charge in [-0.2, -0.15) is 0 Å². The molecule has 0 aromatic heterocycles. The second kappa shape index (κ2) is 8.92. The Morgan fingerprint density at radius 2 is 1.81 bits per heavy atom. The number of hydrogen-bond donors (Lipinski definition) is 1. The molecule has 26 heavy (non-hydrogen) atoms. The first-order valence-corrected chi connectivity index (χ1v) is 8.67. The molecule has 0 spiro atoms. The molecule has 0 aliphatic rings. The van der Waals surface area contributed by atoms with Crippen molar-refractivity contribution in [3.63, 3.8) is 0 Å². The molecule has 1 amide bonds. The first kappa shape index (κ1) is 20.1. The molecule has 2 rings (SSSR count). The maximum absolute atomic E-state index is 12.0. The van der Waals surface area contributed by atoms with Gasteiger partial charge in [0, 0.05) is 10.7 Å². The Morgan fingerprint density at radius 3 is 2.46 bits per heavy atom. The minimum absolute atomic E-state index is 0.282. The first-order chi connectivity index (χ1) is 12.3. The average Bonchev–Trinajstić information content (AvgIpc) is 2.58. The summed E-state index contributed by atoms with van der Waals surface area (Å²) < 4.78 is 10.4. The van der Waals surface area contributed by atoms with Gasteiger partial charge < -0.3 is 14.8 Å². The van der Waals surface area contributed by atoms with E-state index in [-0.39, 0.29) is 5.02 Å². The van der Waals surface area contributed by atoms with Gasteiger partial charge in [-0.25, -0.2) is 4.79 Å². The van der Waals surface area contributed by atoms with Gasteiger partial charge in [-0.05, 0) is 62.2 Å². The maximum atomic E-state index is 12.0. The summed E-state index contributed by atoms with van der Waals surface area (Å²) in [5, 5.41) is 3.42. The maximum Gasteiger partial charge on any atom is 0.347 e. The van der Waals surface area contributed by atoms with Crippen molar-refractivity contribution in [1.29, 1.82) is 0 Å². The highest BCUT2D eigenvalue weighted by Crippen LogP contribution is 2.28. The molecule has 0 bridgehead atoms. The van der Waals surface area contributed by atoms with Crippen LogP contribution >= 0.6 is 23.2 Å². The van der Waals surface area contributed by atoms with Crippen LogP contribution in [-0.2, 0) is 14.3 Å². The number of aryl methyl sites for hydroxylation is 2. The van der Waals surface area contributed by atoms with Crippen LogP contribution in [0, 0.1) is 13.8 Å². The average molecular weight is 396 g/mol. The third kappa shape index (κ3) is 5.64. The Labute approximate surface area is 162 Å². The van der Waals surface area contributed by atoms with E-state index in [2.05, 4.69) is 5.32 Å². The van der Waals surface area contributed by atoms with Gasteiger partial charge >= 0.3 is 5.97 Å². The number of hydrogen-bond acceptors (Lipinski definition) is 4. The Morgan fingerprint density at radius 1 is 1.08 bits per heavy atom. The lowest BCUT2D eigenvalue weighted by molar-refractivity contribution is -0.153. The number of benzene rings is 2. The van der Waals surface area contributed by atoms with E-state index in [1.54, 1.807) is 18.2 Å². The van der Waals surface area contributed by atoms with E-state index in [1.807, 2.05) is 26.0 Å². The second-order valence-electron chi connectivity index (χ2n) is 5.79. The molecule has 7 heteroatoms. The standard InChI is InChI=1S/C19H19Cl2NO4/c1-11-4-6-15(8-12(11)2)22-18(23)10-25-19(24)13(3)26-17-7-5-14(20)9-16(17)21/h4-9,13H,10H2,1-3H3,(H,22,23)/t13-/m1/s1. The number of esters is 1. The molecule has 0 fully saturated rings. The molecule has 1 N–H and O–H groups in total. The quantitative estimate of drug-likeness (QED) is 0.728. The van der Waals surface area contributed by atoms with Crippen LogP contribution in [-0.4, -0.2) is 24.6 Å². The smallest absolute Gasteiger partial charge is 0.347 e. The molecule has 0 aliphatic heterocycles. The highest BCUT2D eigenvalue weighted by atomic mass is 35.5. The first-order valence-electron chi connectivity index (χ1n) is 7.91. The van der Waals surface area contributed by atoms with Gasteiger partial charge in [-0.1, -0.05) is 29.3 Å². The largest absolute Gasteiger partial charge is 0.477 e. The molecule has 0 radical (unpaired) electrons. The van der Waals surface area contributed by atoms with Crippen LogP contribution in [0.2, 0.25) is 10.0 Å². The summed E-state index contributed by atoms with van der Waals surface area (Å²) in [4.78, 5) is 23.9. The van der Waals surface area contributed by atoms with Crippen LogP contribution in [0.25, 0.3) is 0 Å². The van der Waals surface area contributed by atoms with Crippen molar-refractivity contribution in [3.05, 3.63) is 57.6 Å². The third-order valence-corrected chi connectivity index (χ3v) is 4.20. The number of anilines is 1. The van der Waals surface area contributed by atoms with Crippen LogP contribution in [0.15, 0.2) is 36.4 Å². The molecule has 2 aromatic carbocycles. The number of halogens is 2. The number of rotatable bonds is 6. The summed E-state index contributed by atoms with van der Waals surface area (Å²) in [6.07, 6.45) is -0.928. The highest BCUT2D eigenvalue weighted by molar-refractivity contribution is 6.35. The fraction of sp³-hybridized carbons (Fsp3) is 0.263. The molecule has 138 valence electrons. The molecule has 0 aliphatic carbocycles. The van der Waals surface area contributed by atoms with Crippen LogP contribution in [0.1, 0.15) is 18.1 Å². The van der Waals surface area contributed by atoms with Gasteiger partial charge in [0.15, 0.2) is 12.7 Å². The van der Waals surface area contributed by atoms with Crippen molar-refractivity contribution in [2.24, 2.45) is 0 Å². The van der Waals surface area contributed by atoms with E-state index < -0.39 is 24.6 Å². The lowest BCUT2D eigenvalue weighted by Crippen LogP contribution is -2.29. The number of amides is 1. The molecular weight excluding hydrogens is 377 g/mol. The number of nitrogens with one attached hydrogen (secondary N) is 1. The zero-order chi connectivity index (χ0) is 19.3. The number of carbonyl (C=O) groups is 2. The summed E-state index contributed by atoms with van der Waals surface area (Å²) in [6.45, 7) is 5.03. The SMILES string of the molecule is Cc1ccc(NC(=O)COC(=O)[C@@H](C)Oc2ccc(Cl)cc2Cl)cc1C. The minimum atomic E-state index is -0.928. The topological polar surface area (TPSA) is 64.6 Å². The summed E-state index contributed by atoms with van der Waals surface area (Å²) >= 11 is 11.8. The van der Waals surface area contributed by atoms with Crippen molar-refractivity contribution in [3.8, 4) is 5.75 Å². The molecule has 1 atom stereocenters. The summed E-state index contributed by atoms with van der Waals surface area (Å²) in [6, 6.07) is 10.2. The number of ether oxygens (including phenoxy) is 2. The monoisotopic (exact) mass is 395 g/mol. The third-order valence-electron chi connectivity index (χ3n) is 3.67. The van der Waals surface area contributed by atoms with E-state index >= 15 is 0 Å². The van der Waals surface area contributed by atoms with E-state index in [0.29, 0.717) is 16.5 Å². The fourth-order valence-corrected chi connectivity index (χ4v) is 2.53. The minimum Gasteiger partial charge on any atom is -0.477 e. The van der Waals surface area contributed by atoms with Gasteiger partial charge in [0.2, 0.25) is 0 Å². The molecule has 5 nitrogen and oxygen atoms in total. The second-order valence-corrected chi connectivity index (χ2v) is 6.63. The summed E-state index contributed by atoms with van der Waals surface area (Å²) in [5.74, 6) is -0.801. The Bertz CT molecular complexity index is 823. The summed E-state index contributed by atoms with van der Waals surface area (Å²) in [7, 11) is 0. The van der Waals surface area contributed by atoms with Crippen LogP contribution in [0.4, 0.5) is 5.69 Å². The Hall–Kier alpha value is -2.24. The van der Waals surface area contributed by atoms with E-state index in [1.165, 1.54) is 13.0 Å². The van der Waals surface area contributed by atoms with Gasteiger partial charge in [-0.15, -0.1) is 0 Å². The van der Waals surface area contributed by atoms with Crippen molar-refractivity contribution in [2.45, 2.75) is 26.9 Å². The predicted octanol–water partition coefficient (Wildman–Crippen LogP) is 4.56. The Kier molecular flexibility index (Phi) is 6.89. The normalized spacial score (nSPS) is 11.6. The zero-order valence-corrected chi connectivity index (χ0v) is 16.1. The molecule has 0 heterocycles. The molecule has 0 unspecified atom stereocenters. The predicted molar refractivity (Wildman–Crippen MR) is 102 cm³/mol. The lowest BCUT2D eigenvalue weighted by atomic mass is 10.1. The van der Waals surface area contributed by atoms with Crippen LogP contribution in [0.3, 0.4) is 0 Å². The molecule has 0 saturated carbocycles. The van der Waals surface area contributed by atoms with Crippen LogP contribution < -0.4 is 10.1 Å². The van der Waals surface area contributed by atoms with Gasteiger partial charge in [0.05, 0.1) is 5.02 Å². The van der Waals surface area contributed by atoms with E-state index in [9.17, 15) is 9.59 Å². The molecule has 0 saturated heterocycles. The number of carbonyl (C=O) groups excluding carboxylic acids is 2. The Balaban J connectivity index is 1.84.